The topological polar surface area (TPSA) is 133 Å². The number of anilines is 1. The molecule has 3 aromatic rings. The summed E-state index contributed by atoms with van der Waals surface area (Å²) < 4.78 is 23.6. The van der Waals surface area contributed by atoms with Gasteiger partial charge in [-0.15, -0.1) is 0 Å². The van der Waals surface area contributed by atoms with Gasteiger partial charge in [0, 0.05) is 54.0 Å². The molecule has 0 spiro atoms. The number of rotatable bonds is 8. The number of carboxylic acid groups (broad SMARTS) is 1. The lowest BCUT2D eigenvalue weighted by molar-refractivity contribution is -0.135. The SMILES string of the molecule is COc1c(N2C[C@@H](C)N(C(=O)NCC(=O)O)[C@@H](C)C2)c(F)cc2c(=O)c(C(=O)NCc3ccc(Cl)cc3Cl)cn(C3CC3)c12. The van der Waals surface area contributed by atoms with Gasteiger partial charge in [0.05, 0.1) is 18.0 Å². The molecule has 2 atom stereocenters. The predicted molar refractivity (Wildman–Crippen MR) is 165 cm³/mol. The Kier molecular flexibility index (Phi) is 8.94. The molecule has 3 N–H and O–H groups in total. The number of nitrogens with zero attached hydrogens (tertiary/aromatic N) is 3. The second-order valence-corrected chi connectivity index (χ2v) is 12.0. The van der Waals surface area contributed by atoms with Gasteiger partial charge >= 0.3 is 12.0 Å². The number of aliphatic carboxylic acids is 1. The van der Waals surface area contributed by atoms with Gasteiger partial charge in [-0.1, -0.05) is 29.3 Å². The summed E-state index contributed by atoms with van der Waals surface area (Å²) in [7, 11) is 1.40. The van der Waals surface area contributed by atoms with Crippen molar-refractivity contribution in [2.24, 2.45) is 0 Å². The van der Waals surface area contributed by atoms with Crippen LogP contribution in [0.2, 0.25) is 10.0 Å². The predicted octanol–water partition coefficient (Wildman–Crippen LogP) is 4.41. The Morgan fingerprint density at radius 1 is 1.09 bits per heavy atom. The molecule has 11 nitrogen and oxygen atoms in total. The summed E-state index contributed by atoms with van der Waals surface area (Å²) in [5.41, 5.74) is 0.380. The van der Waals surface area contributed by atoms with Crippen molar-refractivity contribution < 1.29 is 28.6 Å². The van der Waals surface area contributed by atoms with Gasteiger partial charge in [0.2, 0.25) is 5.43 Å². The Bertz CT molecular complexity index is 1700. The smallest absolute Gasteiger partial charge is 0.323 e. The van der Waals surface area contributed by atoms with E-state index >= 15 is 4.39 Å². The Hall–Kier alpha value is -4.03. The van der Waals surface area contributed by atoms with Crippen LogP contribution in [0.25, 0.3) is 10.9 Å². The summed E-state index contributed by atoms with van der Waals surface area (Å²) in [6.07, 6.45) is 3.13. The molecule has 2 aliphatic rings. The third-order valence-corrected chi connectivity index (χ3v) is 8.49. The van der Waals surface area contributed by atoms with Crippen LogP contribution in [-0.2, 0) is 11.3 Å². The number of piperazine rings is 1. The van der Waals surface area contributed by atoms with Crippen molar-refractivity contribution in [1.82, 2.24) is 20.1 Å². The van der Waals surface area contributed by atoms with Gasteiger partial charge in [-0.2, -0.15) is 0 Å². The van der Waals surface area contributed by atoms with Gasteiger partial charge in [-0.3, -0.25) is 14.4 Å². The van der Waals surface area contributed by atoms with Crippen LogP contribution in [0.15, 0.2) is 35.3 Å². The van der Waals surface area contributed by atoms with Gasteiger partial charge in [0.15, 0.2) is 11.6 Å². The fourth-order valence-corrected chi connectivity index (χ4v) is 6.29. The largest absolute Gasteiger partial charge is 0.492 e. The summed E-state index contributed by atoms with van der Waals surface area (Å²) in [6.45, 7) is 3.58. The molecule has 1 saturated heterocycles. The first-order chi connectivity index (χ1) is 20.9. The van der Waals surface area contributed by atoms with E-state index < -0.39 is 47.8 Å². The first-order valence-electron chi connectivity index (χ1n) is 14.1. The number of urea groups is 1. The van der Waals surface area contributed by atoms with E-state index in [1.807, 2.05) is 4.57 Å². The monoisotopic (exact) mass is 647 g/mol. The number of ether oxygens (including phenoxy) is 1. The number of pyridine rings is 1. The third kappa shape index (κ3) is 6.14. The van der Waals surface area contributed by atoms with Crippen molar-refractivity contribution in [1.29, 1.82) is 0 Å². The molecule has 5 rings (SSSR count). The van der Waals surface area contributed by atoms with Crippen molar-refractivity contribution in [3.05, 3.63) is 67.7 Å². The second kappa shape index (κ2) is 12.5. The molecular formula is C30H32Cl2FN5O6. The van der Waals surface area contributed by atoms with Crippen LogP contribution >= 0.6 is 23.2 Å². The highest BCUT2D eigenvalue weighted by Gasteiger charge is 2.37. The van der Waals surface area contributed by atoms with E-state index in [-0.39, 0.29) is 48.1 Å². The zero-order valence-electron chi connectivity index (χ0n) is 24.3. The van der Waals surface area contributed by atoms with Gasteiger partial charge in [-0.25, -0.2) is 9.18 Å². The molecule has 1 saturated carbocycles. The Balaban J connectivity index is 1.50. The number of methoxy groups -OCH3 is 1. The van der Waals surface area contributed by atoms with Crippen LogP contribution in [0, 0.1) is 5.82 Å². The summed E-state index contributed by atoms with van der Waals surface area (Å²) in [5.74, 6) is -2.33. The normalized spacial score (nSPS) is 18.3. The summed E-state index contributed by atoms with van der Waals surface area (Å²) >= 11 is 12.2. The van der Waals surface area contributed by atoms with E-state index in [2.05, 4.69) is 10.6 Å². The highest BCUT2D eigenvalue weighted by atomic mass is 35.5. The van der Waals surface area contributed by atoms with E-state index in [9.17, 15) is 19.2 Å². The van der Waals surface area contributed by atoms with Crippen molar-refractivity contribution >= 4 is 57.7 Å². The zero-order valence-corrected chi connectivity index (χ0v) is 25.8. The lowest BCUT2D eigenvalue weighted by atomic mass is 10.0. The summed E-state index contributed by atoms with van der Waals surface area (Å²) in [5, 5.41) is 14.9. The molecule has 14 heteroatoms. The number of amides is 3. The van der Waals surface area contributed by atoms with Gasteiger partial charge in [-0.05, 0) is 50.5 Å². The number of benzene rings is 2. The average molecular weight is 649 g/mol. The molecular weight excluding hydrogens is 616 g/mol. The van der Waals surface area contributed by atoms with Crippen LogP contribution in [0.1, 0.15) is 48.7 Å². The number of carboxylic acids is 1. The quantitative estimate of drug-likeness (QED) is 0.330. The minimum absolute atomic E-state index is 0.00445. The molecule has 234 valence electrons. The Morgan fingerprint density at radius 3 is 2.36 bits per heavy atom. The van der Waals surface area contributed by atoms with Crippen LogP contribution < -0.4 is 25.7 Å². The fourth-order valence-electron chi connectivity index (χ4n) is 5.82. The number of carbonyl (C=O) groups excluding carboxylic acids is 2. The number of halogens is 3. The molecule has 0 radical (unpaired) electrons. The number of nitrogens with one attached hydrogen (secondary N) is 2. The van der Waals surface area contributed by atoms with Gasteiger partial charge in [0.1, 0.15) is 17.8 Å². The Morgan fingerprint density at radius 2 is 1.77 bits per heavy atom. The highest BCUT2D eigenvalue weighted by molar-refractivity contribution is 6.35. The molecule has 1 aliphatic carbocycles. The lowest BCUT2D eigenvalue weighted by Crippen LogP contribution is -2.61. The number of hydrogen-bond donors (Lipinski definition) is 3. The van der Waals surface area contributed by atoms with Crippen LogP contribution in [-0.4, -0.2) is 71.3 Å². The third-order valence-electron chi connectivity index (χ3n) is 7.90. The van der Waals surface area contributed by atoms with E-state index in [1.54, 1.807) is 36.9 Å². The number of carbonyl (C=O) groups is 3. The highest BCUT2D eigenvalue weighted by Crippen LogP contribution is 2.44. The lowest BCUT2D eigenvalue weighted by Gasteiger charge is -2.45. The summed E-state index contributed by atoms with van der Waals surface area (Å²) in [6, 6.07) is 4.69. The minimum Gasteiger partial charge on any atom is -0.492 e. The molecule has 1 aromatic heterocycles. The maximum Gasteiger partial charge on any atom is 0.323 e. The maximum absolute atomic E-state index is 16.0. The zero-order chi connectivity index (χ0) is 31.9. The van der Waals surface area contributed by atoms with E-state index in [4.69, 9.17) is 33.0 Å². The van der Waals surface area contributed by atoms with Crippen molar-refractivity contribution in [3.8, 4) is 5.75 Å². The molecule has 2 aromatic carbocycles. The van der Waals surface area contributed by atoms with Crippen molar-refractivity contribution in [2.75, 3.05) is 31.6 Å². The standard InChI is InChI=1S/C30H32Cl2FN5O6/c1-15-12-36(13-16(2)38(15)30(43)35-11-24(39)40)26-23(33)9-20-25(28(26)44-3)37(19-6-7-19)14-21(27(20)41)29(42)34-10-17-4-5-18(31)8-22(17)32/h4-5,8-9,14-16,19H,6-7,10-13H2,1-3H3,(H,34,42)(H,35,43)(H,39,40)/t15-,16+. The number of aromatic nitrogens is 1. The van der Waals surface area contributed by atoms with Crippen LogP contribution in [0.5, 0.6) is 5.75 Å². The fraction of sp³-hybridized carbons (Fsp3) is 0.400. The van der Waals surface area contributed by atoms with E-state index in [0.29, 0.717) is 21.1 Å². The first kappa shape index (κ1) is 31.4. The molecule has 0 unspecified atom stereocenters. The van der Waals surface area contributed by atoms with E-state index in [0.717, 1.165) is 18.9 Å². The van der Waals surface area contributed by atoms with Gasteiger partial charge in [0.25, 0.3) is 5.91 Å². The molecule has 0 bridgehead atoms. The molecule has 3 amide bonds. The van der Waals surface area contributed by atoms with E-state index in [1.165, 1.54) is 18.2 Å². The van der Waals surface area contributed by atoms with Crippen molar-refractivity contribution in [3.63, 3.8) is 0 Å². The minimum atomic E-state index is -1.16. The number of hydrogen-bond acceptors (Lipinski definition) is 6. The maximum atomic E-state index is 16.0. The number of fused-ring (bicyclic) bond motifs is 1. The molecule has 1 aliphatic heterocycles. The van der Waals surface area contributed by atoms with Crippen LogP contribution in [0.3, 0.4) is 0 Å². The van der Waals surface area contributed by atoms with Crippen molar-refractivity contribution in [2.45, 2.75) is 51.4 Å². The van der Waals surface area contributed by atoms with Gasteiger partial charge < -0.3 is 34.8 Å². The molecule has 2 fully saturated rings. The Labute approximate surface area is 262 Å². The summed E-state index contributed by atoms with van der Waals surface area (Å²) in [4.78, 5) is 53.9. The first-order valence-corrected chi connectivity index (χ1v) is 14.9. The molecule has 44 heavy (non-hydrogen) atoms. The molecule has 2 heterocycles. The average Bonchev–Trinajstić information content (AvgIpc) is 3.80. The second-order valence-electron chi connectivity index (χ2n) is 11.1. The van der Waals surface area contributed by atoms with Crippen LogP contribution in [0.4, 0.5) is 14.9 Å².